The van der Waals surface area contributed by atoms with E-state index in [1.165, 1.54) is 38.5 Å². The zero-order chi connectivity index (χ0) is 14.4. The second-order valence-electron chi connectivity index (χ2n) is 8.14. The maximum atomic E-state index is 2.56. The molecular formula is C21H28. The van der Waals surface area contributed by atoms with E-state index in [-0.39, 0.29) is 0 Å². The molecule has 4 atom stereocenters. The molecule has 0 spiro atoms. The lowest BCUT2D eigenvalue weighted by Gasteiger charge is -2.41. The molecule has 0 aromatic carbocycles. The lowest BCUT2D eigenvalue weighted by Crippen LogP contribution is -2.33. The molecule has 2 fully saturated rings. The SMILES string of the molecule is CC(C)(C1CCC2CC=CC=C21)C1CCC2CC=CC=C21. The topological polar surface area (TPSA) is 0 Å². The zero-order valence-electron chi connectivity index (χ0n) is 13.5. The molecule has 0 aliphatic heterocycles. The molecule has 112 valence electrons. The van der Waals surface area contributed by atoms with Crippen LogP contribution in [0, 0.1) is 29.1 Å². The maximum Gasteiger partial charge on any atom is -0.0140 e. The third-order valence-electron chi connectivity index (χ3n) is 6.84. The summed E-state index contributed by atoms with van der Waals surface area (Å²) in [5.41, 5.74) is 3.98. The monoisotopic (exact) mass is 280 g/mol. The third kappa shape index (κ3) is 2.10. The van der Waals surface area contributed by atoms with Gasteiger partial charge in [-0.2, -0.15) is 0 Å². The summed E-state index contributed by atoms with van der Waals surface area (Å²) >= 11 is 0. The molecule has 0 saturated heterocycles. The molecule has 0 amide bonds. The van der Waals surface area contributed by atoms with Crippen LogP contribution in [-0.4, -0.2) is 0 Å². The summed E-state index contributed by atoms with van der Waals surface area (Å²) < 4.78 is 0. The van der Waals surface area contributed by atoms with Crippen LogP contribution in [0.15, 0.2) is 47.6 Å². The highest BCUT2D eigenvalue weighted by Gasteiger charge is 2.47. The van der Waals surface area contributed by atoms with E-state index >= 15 is 0 Å². The van der Waals surface area contributed by atoms with Gasteiger partial charge >= 0.3 is 0 Å². The van der Waals surface area contributed by atoms with Crippen molar-refractivity contribution in [2.75, 3.05) is 0 Å². The van der Waals surface area contributed by atoms with Crippen molar-refractivity contribution in [2.24, 2.45) is 29.1 Å². The van der Waals surface area contributed by atoms with Crippen LogP contribution in [0.1, 0.15) is 52.4 Å². The summed E-state index contributed by atoms with van der Waals surface area (Å²) in [4.78, 5) is 0. The fraction of sp³-hybridized carbons (Fsp3) is 0.619. The first-order valence-electron chi connectivity index (χ1n) is 8.91. The smallest absolute Gasteiger partial charge is 0.0140 e. The van der Waals surface area contributed by atoms with Crippen LogP contribution in [0.25, 0.3) is 0 Å². The zero-order valence-corrected chi connectivity index (χ0v) is 13.5. The van der Waals surface area contributed by atoms with E-state index in [0.717, 1.165) is 23.7 Å². The lowest BCUT2D eigenvalue weighted by atomic mass is 9.64. The van der Waals surface area contributed by atoms with Crippen LogP contribution in [0.2, 0.25) is 0 Å². The first-order chi connectivity index (χ1) is 10.2. The summed E-state index contributed by atoms with van der Waals surface area (Å²) in [7, 11) is 0. The van der Waals surface area contributed by atoms with Gasteiger partial charge in [-0.25, -0.2) is 0 Å². The Morgan fingerprint density at radius 1 is 0.762 bits per heavy atom. The van der Waals surface area contributed by atoms with Gasteiger partial charge < -0.3 is 0 Å². The normalized spacial score (nSPS) is 38.0. The first kappa shape index (κ1) is 13.6. The summed E-state index contributed by atoms with van der Waals surface area (Å²) in [6.45, 7) is 5.12. The second kappa shape index (κ2) is 5.00. The fourth-order valence-corrected chi connectivity index (χ4v) is 5.67. The molecule has 21 heavy (non-hydrogen) atoms. The highest BCUT2D eigenvalue weighted by molar-refractivity contribution is 5.32. The molecule has 0 N–H and O–H groups in total. The van der Waals surface area contributed by atoms with Gasteiger partial charge in [0.05, 0.1) is 0 Å². The maximum absolute atomic E-state index is 2.56. The Hall–Kier alpha value is -1.04. The number of fused-ring (bicyclic) bond motifs is 2. The molecule has 4 rings (SSSR count). The molecule has 0 nitrogen and oxygen atoms in total. The Bertz CT molecular complexity index is 492. The van der Waals surface area contributed by atoms with Crippen molar-refractivity contribution in [3.05, 3.63) is 47.6 Å². The van der Waals surface area contributed by atoms with Crippen molar-refractivity contribution >= 4 is 0 Å². The minimum atomic E-state index is 0.428. The third-order valence-corrected chi connectivity index (χ3v) is 6.84. The van der Waals surface area contributed by atoms with Gasteiger partial charge in [-0.1, -0.05) is 61.4 Å². The quantitative estimate of drug-likeness (QED) is 0.596. The molecule has 0 radical (unpaired) electrons. The molecule has 4 aliphatic carbocycles. The summed E-state index contributed by atoms with van der Waals surface area (Å²) in [5, 5.41) is 0. The number of allylic oxidation sites excluding steroid dienone is 8. The van der Waals surface area contributed by atoms with Crippen LogP contribution in [0.4, 0.5) is 0 Å². The highest BCUT2D eigenvalue weighted by atomic mass is 14.5. The summed E-state index contributed by atoms with van der Waals surface area (Å²) in [5.74, 6) is 3.33. The largest absolute Gasteiger partial charge is 0.0839 e. The second-order valence-corrected chi connectivity index (χ2v) is 8.14. The summed E-state index contributed by atoms with van der Waals surface area (Å²) in [6.07, 6.45) is 22.5. The van der Waals surface area contributed by atoms with Crippen LogP contribution < -0.4 is 0 Å². The van der Waals surface area contributed by atoms with Gasteiger partial charge in [-0.3, -0.25) is 0 Å². The van der Waals surface area contributed by atoms with Crippen LogP contribution in [0.5, 0.6) is 0 Å². The van der Waals surface area contributed by atoms with E-state index in [0.29, 0.717) is 5.41 Å². The molecule has 0 aromatic rings. The van der Waals surface area contributed by atoms with Gasteiger partial charge in [0.1, 0.15) is 0 Å². The van der Waals surface area contributed by atoms with Crippen molar-refractivity contribution in [3.8, 4) is 0 Å². The van der Waals surface area contributed by atoms with E-state index in [9.17, 15) is 0 Å². The van der Waals surface area contributed by atoms with Crippen LogP contribution in [0.3, 0.4) is 0 Å². The standard InChI is InChI=1S/C21H28/c1-21(2,19-13-11-15-7-3-5-9-17(15)19)20-14-12-16-8-4-6-10-18(16)20/h3-6,9-10,15-16,19-20H,7-8,11-14H2,1-2H3. The molecule has 4 unspecified atom stereocenters. The summed E-state index contributed by atoms with van der Waals surface area (Å²) in [6, 6.07) is 0. The van der Waals surface area contributed by atoms with E-state index < -0.39 is 0 Å². The number of hydrogen-bond donors (Lipinski definition) is 0. The minimum absolute atomic E-state index is 0.428. The van der Waals surface area contributed by atoms with Crippen LogP contribution in [-0.2, 0) is 0 Å². The molecule has 4 aliphatic rings. The van der Waals surface area contributed by atoms with E-state index in [1.807, 2.05) is 0 Å². The minimum Gasteiger partial charge on any atom is -0.0839 e. The average Bonchev–Trinajstić information content (AvgIpc) is 3.12. The van der Waals surface area contributed by atoms with Gasteiger partial charge in [0.2, 0.25) is 0 Å². The predicted molar refractivity (Wildman–Crippen MR) is 89.9 cm³/mol. The molecule has 0 heteroatoms. The Morgan fingerprint density at radius 3 is 1.71 bits per heavy atom. The molecule has 0 bridgehead atoms. The van der Waals surface area contributed by atoms with Gasteiger partial charge in [0, 0.05) is 0 Å². The molecule has 0 aromatic heterocycles. The molecule has 0 heterocycles. The van der Waals surface area contributed by atoms with Crippen molar-refractivity contribution in [1.82, 2.24) is 0 Å². The highest BCUT2D eigenvalue weighted by Crippen LogP contribution is 2.57. The number of hydrogen-bond acceptors (Lipinski definition) is 0. The number of rotatable bonds is 2. The average molecular weight is 280 g/mol. The first-order valence-corrected chi connectivity index (χ1v) is 8.91. The Labute approximate surface area is 129 Å². The van der Waals surface area contributed by atoms with E-state index in [4.69, 9.17) is 0 Å². The van der Waals surface area contributed by atoms with Gasteiger partial charge in [-0.15, -0.1) is 0 Å². The Balaban J connectivity index is 1.64. The molecular weight excluding hydrogens is 252 g/mol. The van der Waals surface area contributed by atoms with Crippen molar-refractivity contribution in [3.63, 3.8) is 0 Å². The van der Waals surface area contributed by atoms with Crippen molar-refractivity contribution in [1.29, 1.82) is 0 Å². The fourth-order valence-electron chi connectivity index (χ4n) is 5.67. The van der Waals surface area contributed by atoms with Gasteiger partial charge in [0.15, 0.2) is 0 Å². The van der Waals surface area contributed by atoms with Crippen molar-refractivity contribution < 1.29 is 0 Å². The van der Waals surface area contributed by atoms with Crippen molar-refractivity contribution in [2.45, 2.75) is 52.4 Å². The Kier molecular flexibility index (Phi) is 3.24. The van der Waals surface area contributed by atoms with E-state index in [2.05, 4.69) is 50.3 Å². The lowest BCUT2D eigenvalue weighted by molar-refractivity contribution is 0.168. The molecule has 2 saturated carbocycles. The van der Waals surface area contributed by atoms with E-state index in [1.54, 1.807) is 11.1 Å². The predicted octanol–water partition coefficient (Wildman–Crippen LogP) is 5.84. The van der Waals surface area contributed by atoms with Gasteiger partial charge in [0.25, 0.3) is 0 Å². The van der Waals surface area contributed by atoms with Crippen LogP contribution >= 0.6 is 0 Å². The Morgan fingerprint density at radius 2 is 1.24 bits per heavy atom. The van der Waals surface area contributed by atoms with Gasteiger partial charge in [-0.05, 0) is 67.6 Å².